The number of phenolic OH excluding ortho intramolecular Hbond substituents is 1. The lowest BCUT2D eigenvalue weighted by atomic mass is 9.63. The molecular formula is C18H27NO. The molecule has 0 aromatic heterocycles. The first-order valence-corrected chi connectivity index (χ1v) is 7.91. The van der Waals surface area contributed by atoms with Crippen molar-refractivity contribution in [1.29, 1.82) is 0 Å². The molecule has 3 rings (SSSR count). The number of phenols is 1. The van der Waals surface area contributed by atoms with Gasteiger partial charge in [-0.25, -0.2) is 0 Å². The molecule has 1 aromatic rings. The molecule has 110 valence electrons. The van der Waals surface area contributed by atoms with Crippen LogP contribution in [0.3, 0.4) is 0 Å². The van der Waals surface area contributed by atoms with Crippen LogP contribution in [0, 0.1) is 16.7 Å². The van der Waals surface area contributed by atoms with Gasteiger partial charge >= 0.3 is 0 Å². The molecule has 2 bridgehead atoms. The molecule has 2 fully saturated rings. The molecule has 1 aromatic carbocycles. The molecule has 2 heteroatoms. The molecule has 0 spiro atoms. The monoisotopic (exact) mass is 273 g/mol. The molecule has 1 heterocycles. The van der Waals surface area contributed by atoms with Crippen LogP contribution in [-0.2, 0) is 6.42 Å². The minimum absolute atomic E-state index is 0.384. The molecule has 2 atom stereocenters. The van der Waals surface area contributed by atoms with Crippen LogP contribution in [0.1, 0.15) is 39.2 Å². The predicted octanol–water partition coefficient (Wildman–Crippen LogP) is 3.69. The van der Waals surface area contributed by atoms with Crippen molar-refractivity contribution < 1.29 is 5.11 Å². The first kappa shape index (κ1) is 13.9. The zero-order valence-corrected chi connectivity index (χ0v) is 13.0. The molecule has 20 heavy (non-hydrogen) atoms. The lowest BCUT2D eigenvalue weighted by Crippen LogP contribution is -2.52. The van der Waals surface area contributed by atoms with E-state index in [1.807, 2.05) is 12.1 Å². The summed E-state index contributed by atoms with van der Waals surface area (Å²) in [4.78, 5) is 2.65. The fourth-order valence-corrected chi connectivity index (χ4v) is 4.31. The number of hydrogen-bond donors (Lipinski definition) is 1. The average Bonchev–Trinajstić information content (AvgIpc) is 2.54. The standard InChI is InChI=1S/C18H27NO/c1-17(2)15-7-9-18(17,3)13-19(12-15)10-8-14-5-4-6-16(20)11-14/h4-6,11,15,20H,7-10,12-13H2,1-3H3/t15?,18-/m1/s1. The van der Waals surface area contributed by atoms with E-state index in [9.17, 15) is 5.11 Å². The minimum atomic E-state index is 0.384. The van der Waals surface area contributed by atoms with Crippen LogP contribution in [0.4, 0.5) is 0 Å². The molecule has 1 unspecified atom stereocenters. The van der Waals surface area contributed by atoms with Crippen molar-refractivity contribution in [2.75, 3.05) is 19.6 Å². The van der Waals surface area contributed by atoms with Crippen LogP contribution in [-0.4, -0.2) is 29.6 Å². The first-order valence-electron chi connectivity index (χ1n) is 7.91. The average molecular weight is 273 g/mol. The van der Waals surface area contributed by atoms with Gasteiger partial charge in [-0.05, 0) is 53.7 Å². The third-order valence-electron chi connectivity index (χ3n) is 6.30. The van der Waals surface area contributed by atoms with E-state index in [1.165, 1.54) is 31.5 Å². The number of rotatable bonds is 3. The smallest absolute Gasteiger partial charge is 0.115 e. The highest BCUT2D eigenvalue weighted by Gasteiger charge is 2.55. The Kier molecular flexibility index (Phi) is 3.32. The number of likely N-dealkylation sites (tertiary alicyclic amines) is 1. The van der Waals surface area contributed by atoms with E-state index in [-0.39, 0.29) is 0 Å². The Labute approximate surface area is 122 Å². The zero-order valence-electron chi connectivity index (χ0n) is 13.0. The van der Waals surface area contributed by atoms with Crippen LogP contribution >= 0.6 is 0 Å². The molecule has 1 N–H and O–H groups in total. The fourth-order valence-electron chi connectivity index (χ4n) is 4.31. The molecule has 1 aliphatic heterocycles. The van der Waals surface area contributed by atoms with Crippen molar-refractivity contribution in [3.63, 3.8) is 0 Å². The van der Waals surface area contributed by atoms with Crippen molar-refractivity contribution in [3.8, 4) is 5.75 Å². The number of piperidine rings is 1. The maximum Gasteiger partial charge on any atom is 0.115 e. The van der Waals surface area contributed by atoms with Crippen LogP contribution in [0.2, 0.25) is 0 Å². The van der Waals surface area contributed by atoms with E-state index in [4.69, 9.17) is 0 Å². The number of aromatic hydroxyl groups is 1. The quantitative estimate of drug-likeness (QED) is 0.908. The summed E-state index contributed by atoms with van der Waals surface area (Å²) in [6.07, 6.45) is 3.82. The number of hydrogen-bond acceptors (Lipinski definition) is 2. The summed E-state index contributed by atoms with van der Waals surface area (Å²) in [6, 6.07) is 7.69. The molecule has 0 amide bonds. The summed E-state index contributed by atoms with van der Waals surface area (Å²) in [7, 11) is 0. The third kappa shape index (κ3) is 2.24. The third-order valence-corrected chi connectivity index (χ3v) is 6.30. The second kappa shape index (κ2) is 4.77. The minimum Gasteiger partial charge on any atom is -0.508 e. The van der Waals surface area contributed by atoms with Crippen molar-refractivity contribution in [2.24, 2.45) is 16.7 Å². The Morgan fingerprint density at radius 2 is 2.10 bits per heavy atom. The topological polar surface area (TPSA) is 23.5 Å². The number of fused-ring (bicyclic) bond motifs is 2. The van der Waals surface area contributed by atoms with Gasteiger partial charge in [0.15, 0.2) is 0 Å². The summed E-state index contributed by atoms with van der Waals surface area (Å²) in [5.74, 6) is 1.24. The van der Waals surface area contributed by atoms with Crippen molar-refractivity contribution in [2.45, 2.75) is 40.0 Å². The van der Waals surface area contributed by atoms with Gasteiger partial charge in [0.05, 0.1) is 0 Å². The van der Waals surface area contributed by atoms with Gasteiger partial charge in [0, 0.05) is 19.6 Å². The summed E-state index contributed by atoms with van der Waals surface area (Å²) in [5, 5.41) is 9.54. The van der Waals surface area contributed by atoms with E-state index in [0.29, 0.717) is 16.6 Å². The second-order valence-corrected chi connectivity index (χ2v) is 7.67. The molecule has 1 saturated carbocycles. The van der Waals surface area contributed by atoms with Gasteiger partial charge in [-0.2, -0.15) is 0 Å². The van der Waals surface area contributed by atoms with E-state index < -0.39 is 0 Å². The summed E-state index contributed by atoms with van der Waals surface area (Å²) in [6.45, 7) is 11.0. The number of nitrogens with zero attached hydrogens (tertiary/aromatic N) is 1. The van der Waals surface area contributed by atoms with Crippen molar-refractivity contribution in [3.05, 3.63) is 29.8 Å². The van der Waals surface area contributed by atoms with E-state index in [0.717, 1.165) is 18.9 Å². The molecule has 1 aliphatic carbocycles. The van der Waals surface area contributed by atoms with Gasteiger partial charge < -0.3 is 10.0 Å². The fraction of sp³-hybridized carbons (Fsp3) is 0.667. The van der Waals surface area contributed by atoms with Gasteiger partial charge in [0.2, 0.25) is 0 Å². The Morgan fingerprint density at radius 1 is 1.30 bits per heavy atom. The van der Waals surface area contributed by atoms with Crippen LogP contribution in [0.25, 0.3) is 0 Å². The van der Waals surface area contributed by atoms with E-state index >= 15 is 0 Å². The highest BCUT2D eigenvalue weighted by Crippen LogP contribution is 2.58. The summed E-state index contributed by atoms with van der Waals surface area (Å²) in [5.41, 5.74) is 2.22. The van der Waals surface area contributed by atoms with Gasteiger partial charge in [0.1, 0.15) is 5.75 Å². The number of benzene rings is 1. The van der Waals surface area contributed by atoms with Gasteiger partial charge in [-0.1, -0.05) is 32.9 Å². The lowest BCUT2D eigenvalue weighted by Gasteiger charge is -2.50. The highest BCUT2D eigenvalue weighted by molar-refractivity contribution is 5.27. The zero-order chi connectivity index (χ0) is 14.4. The Hall–Kier alpha value is -1.02. The van der Waals surface area contributed by atoms with Gasteiger partial charge in [-0.3, -0.25) is 0 Å². The van der Waals surface area contributed by atoms with Gasteiger partial charge in [0.25, 0.3) is 0 Å². The maximum absolute atomic E-state index is 9.54. The Bertz CT molecular complexity index is 496. The molecule has 0 radical (unpaired) electrons. The molecule has 2 nitrogen and oxygen atoms in total. The second-order valence-electron chi connectivity index (χ2n) is 7.67. The SMILES string of the molecule is CC1(C)C2CC[C@]1(C)CN(CCc1cccc(O)c1)C2. The van der Waals surface area contributed by atoms with Crippen molar-refractivity contribution >= 4 is 0 Å². The normalized spacial score (nSPS) is 32.5. The Morgan fingerprint density at radius 3 is 2.80 bits per heavy atom. The van der Waals surface area contributed by atoms with Crippen LogP contribution < -0.4 is 0 Å². The van der Waals surface area contributed by atoms with Crippen LogP contribution in [0.5, 0.6) is 5.75 Å². The first-order chi connectivity index (χ1) is 9.41. The van der Waals surface area contributed by atoms with E-state index in [2.05, 4.69) is 31.7 Å². The largest absolute Gasteiger partial charge is 0.508 e. The van der Waals surface area contributed by atoms with E-state index in [1.54, 1.807) is 6.07 Å². The predicted molar refractivity (Wildman–Crippen MR) is 82.9 cm³/mol. The van der Waals surface area contributed by atoms with Crippen molar-refractivity contribution in [1.82, 2.24) is 4.90 Å². The van der Waals surface area contributed by atoms with Crippen LogP contribution in [0.15, 0.2) is 24.3 Å². The molecule has 1 saturated heterocycles. The maximum atomic E-state index is 9.54. The highest BCUT2D eigenvalue weighted by atomic mass is 16.3. The molecular weight excluding hydrogens is 246 g/mol. The Balaban J connectivity index is 1.64. The molecule has 2 aliphatic rings. The van der Waals surface area contributed by atoms with Gasteiger partial charge in [-0.15, -0.1) is 0 Å². The summed E-state index contributed by atoms with van der Waals surface area (Å²) >= 11 is 0. The lowest BCUT2D eigenvalue weighted by molar-refractivity contribution is -0.0169. The summed E-state index contributed by atoms with van der Waals surface area (Å²) < 4.78 is 0.